The summed E-state index contributed by atoms with van der Waals surface area (Å²) in [5.74, 6) is 11.3. The van der Waals surface area contributed by atoms with Gasteiger partial charge in [0.05, 0.1) is 68.8 Å². The molecule has 0 aromatic carbocycles. The zero-order valence-corrected chi connectivity index (χ0v) is 68.8. The lowest BCUT2D eigenvalue weighted by atomic mass is 9.67. The molecule has 32 nitrogen and oxygen atoms in total. The first-order valence-electron chi connectivity index (χ1n) is 41.9. The molecule has 10 fully saturated rings. The number of H-pyrrole nitrogens is 2. The minimum absolute atomic E-state index is 0.0322. The number of methoxy groups -OCH3 is 1. The number of aromatic amines is 2. The number of fused-ring (bicyclic) bond motifs is 2. The molecule has 4 unspecified atom stereocenters. The van der Waals surface area contributed by atoms with Crippen molar-refractivity contribution in [3.63, 3.8) is 0 Å². The third-order valence-electron chi connectivity index (χ3n) is 25.1. The van der Waals surface area contributed by atoms with Gasteiger partial charge in [-0.1, -0.05) is 55.6 Å². The number of nitrogens with zero attached hydrogens (tertiary/aromatic N) is 16. The number of likely N-dealkylation sites (tertiary alicyclic amines) is 2. The Morgan fingerprint density at radius 3 is 1.39 bits per heavy atom. The molecule has 618 valence electrons. The summed E-state index contributed by atoms with van der Waals surface area (Å²) >= 11 is 19.0. The van der Waals surface area contributed by atoms with E-state index in [1.54, 1.807) is 55.2 Å². The van der Waals surface area contributed by atoms with E-state index in [1.165, 1.54) is 95.8 Å². The van der Waals surface area contributed by atoms with E-state index in [0.29, 0.717) is 146 Å². The number of aromatic nitrogens is 16. The number of amides is 2. The van der Waals surface area contributed by atoms with Gasteiger partial charge in [-0.2, -0.15) is 40.3 Å². The van der Waals surface area contributed by atoms with Crippen molar-refractivity contribution < 1.29 is 19.4 Å². The smallest absolute Gasteiger partial charge is 0.230 e. The lowest BCUT2D eigenvalue weighted by Gasteiger charge is -2.46. The van der Waals surface area contributed by atoms with Gasteiger partial charge in [0.2, 0.25) is 35.6 Å². The van der Waals surface area contributed by atoms with E-state index in [-0.39, 0.29) is 18.4 Å². The fourth-order valence-electron chi connectivity index (χ4n) is 18.3. The summed E-state index contributed by atoms with van der Waals surface area (Å²) in [5.41, 5.74) is 4.91. The summed E-state index contributed by atoms with van der Waals surface area (Å²) in [7, 11) is 1.63. The zero-order valence-electron chi connectivity index (χ0n) is 66.5. The van der Waals surface area contributed by atoms with Gasteiger partial charge in [0.15, 0.2) is 40.7 Å². The van der Waals surface area contributed by atoms with Crippen molar-refractivity contribution >= 4 is 117 Å². The van der Waals surface area contributed by atoms with Crippen LogP contribution in [-0.4, -0.2) is 197 Å². The molecule has 18 rings (SSSR count). The third kappa shape index (κ3) is 21.3. The molecule has 8 aromatic heterocycles. The average Bonchev–Trinajstić information content (AvgIpc) is 1.60. The van der Waals surface area contributed by atoms with E-state index in [1.807, 2.05) is 46.7 Å². The number of aliphatic hydroxyl groups excluding tert-OH is 1. The van der Waals surface area contributed by atoms with E-state index >= 15 is 0 Å². The van der Waals surface area contributed by atoms with Gasteiger partial charge < -0.3 is 72.8 Å². The monoisotopic (exact) mass is 1630 g/mol. The van der Waals surface area contributed by atoms with E-state index < -0.39 is 0 Å². The van der Waals surface area contributed by atoms with Gasteiger partial charge in [0.1, 0.15) is 15.1 Å². The number of aryl methyl sites for hydroxylation is 1. The number of carbonyl (C=O) groups is 2. The second-order valence-corrected chi connectivity index (χ2v) is 34.5. The van der Waals surface area contributed by atoms with Gasteiger partial charge in [-0.3, -0.25) is 29.2 Å². The number of anilines is 12. The second kappa shape index (κ2) is 37.5. The van der Waals surface area contributed by atoms with Crippen LogP contribution in [0.4, 0.5) is 70.1 Å². The normalized spacial score (nSPS) is 23.1. The van der Waals surface area contributed by atoms with Crippen LogP contribution >= 0.6 is 34.8 Å². The number of nitrogens with one attached hydrogen (secondary N) is 12. The van der Waals surface area contributed by atoms with Crippen molar-refractivity contribution in [3.8, 4) is 5.75 Å². The van der Waals surface area contributed by atoms with Crippen molar-refractivity contribution in [1.29, 1.82) is 0 Å². The Morgan fingerprint density at radius 1 is 0.504 bits per heavy atom. The summed E-state index contributed by atoms with van der Waals surface area (Å²) in [4.78, 5) is 63.6. The molecule has 4 aliphatic heterocycles. The molecule has 6 saturated carbocycles. The lowest BCUT2D eigenvalue weighted by Crippen LogP contribution is -2.45. The van der Waals surface area contributed by atoms with Crippen LogP contribution in [0.15, 0.2) is 61.7 Å². The maximum absolute atomic E-state index is 12.0. The van der Waals surface area contributed by atoms with Gasteiger partial charge in [0, 0.05) is 117 Å². The highest BCUT2D eigenvalue weighted by Gasteiger charge is 2.44. The highest BCUT2D eigenvalue weighted by Crippen LogP contribution is 2.48. The number of halogens is 3. The lowest BCUT2D eigenvalue weighted by molar-refractivity contribution is -0.133. The Hall–Kier alpha value is -8.95. The van der Waals surface area contributed by atoms with Crippen LogP contribution in [0.1, 0.15) is 192 Å². The Bertz CT molecular complexity index is 4490. The van der Waals surface area contributed by atoms with Crippen LogP contribution in [0, 0.1) is 34.5 Å². The van der Waals surface area contributed by atoms with Crippen molar-refractivity contribution in [2.45, 2.75) is 218 Å². The zero-order chi connectivity index (χ0) is 79.4. The summed E-state index contributed by atoms with van der Waals surface area (Å²) in [6.07, 6.45) is 39.6. The van der Waals surface area contributed by atoms with Gasteiger partial charge in [0.25, 0.3) is 0 Å². The molecule has 0 bridgehead atoms. The predicted molar refractivity (Wildman–Crippen MR) is 448 cm³/mol. The molecule has 4 saturated heterocycles. The van der Waals surface area contributed by atoms with Crippen molar-refractivity contribution in [2.75, 3.05) is 109 Å². The number of carbonyl (C=O) groups excluding carboxylic acids is 2. The molecular weight excluding hydrogens is 1520 g/mol. The summed E-state index contributed by atoms with van der Waals surface area (Å²) in [5, 5.41) is 67.7. The minimum Gasteiger partial charge on any atom is -0.491 e. The molecule has 10 aliphatic rings. The van der Waals surface area contributed by atoms with E-state index in [4.69, 9.17) is 44.6 Å². The van der Waals surface area contributed by atoms with Gasteiger partial charge in [-0.25, -0.2) is 19.9 Å². The highest BCUT2D eigenvalue weighted by atomic mass is 35.5. The van der Waals surface area contributed by atoms with Crippen LogP contribution in [0.5, 0.6) is 5.75 Å². The van der Waals surface area contributed by atoms with Crippen LogP contribution in [0.25, 0.3) is 0 Å². The van der Waals surface area contributed by atoms with Crippen LogP contribution < -0.4 is 57.9 Å². The van der Waals surface area contributed by atoms with E-state index in [9.17, 15) is 9.59 Å². The Balaban J connectivity index is 0.000000121. The number of hydrogen-bond donors (Lipinski definition) is 13. The molecule has 4 atom stereocenters. The fraction of sp³-hybridized carbons (Fsp3) is 0.625. The van der Waals surface area contributed by atoms with E-state index in [0.717, 1.165) is 144 Å². The number of rotatable bonds is 25. The maximum Gasteiger partial charge on any atom is 0.230 e. The first kappa shape index (κ1) is 81.2. The molecule has 2 amide bonds. The first-order chi connectivity index (χ1) is 56.0. The maximum atomic E-state index is 12.0. The minimum atomic E-state index is 0.0322. The first-order valence-corrected chi connectivity index (χ1v) is 43.0. The van der Waals surface area contributed by atoms with Crippen LogP contribution in [0.3, 0.4) is 0 Å². The number of aliphatic hydroxyl groups is 1. The largest absolute Gasteiger partial charge is 0.491 e. The second-order valence-electron chi connectivity index (χ2n) is 33.3. The standard InChI is InChI=1S/C22H32ClN7O2.C21H29N7O2.C20H30ClN7.C17H22ClN7/c1-2-19(32)29-9-7-22(8-10-29)5-3-16(4-6-22)26-20-18(23)14-24-21(28-20)27-17-13-25-30(15-17)11-12-31;1-3-19(29)28-10-13-6-15(7-14(13)11-28)23-20-17(30-2)9-22-21(25-20)24-18-8-16(26-27-18)12-4-5-12;1-2-11-28-14-16(12-24-28)26-19-23-13-17(21)18(27-19)25-15-3-5-20(6-4-15)7-9-22-10-8-20;18-13-8-20-17(22-15-5-14(24-25-15)9-1-2-9)23-16(13)21-12-3-10-6-19-7-11(10)4-12/h13-16,31H,2-12H2,1H3,(H2,24,26,27,28);8-9,12-15H,3-7,10-11H2,1-2H3,(H3,22,23,24,25,26,27);12-15,22H,2-11H2,1H3,(H2,23,25,26,27);5,8-12,19H,1-4,6-7H2,(H3,20,21,22,23,24,25). The predicted octanol–water partition coefficient (Wildman–Crippen LogP) is 13.4. The van der Waals surface area contributed by atoms with Crippen LogP contribution in [0.2, 0.25) is 15.1 Å². The molecule has 2 spiro atoms. The van der Waals surface area contributed by atoms with Gasteiger partial charge in [-0.15, -0.1) is 0 Å². The summed E-state index contributed by atoms with van der Waals surface area (Å²) < 4.78 is 9.04. The van der Waals surface area contributed by atoms with Crippen LogP contribution in [-0.2, 0) is 22.7 Å². The van der Waals surface area contributed by atoms with Crippen molar-refractivity contribution in [3.05, 3.63) is 88.2 Å². The van der Waals surface area contributed by atoms with Crippen molar-refractivity contribution in [1.82, 2.24) is 100 Å². The number of ether oxygens (including phenoxy) is 1. The molecule has 12 heterocycles. The topological polar surface area (TPSA) is 386 Å². The molecule has 8 aromatic rings. The van der Waals surface area contributed by atoms with Gasteiger partial charge in [-0.05, 0) is 196 Å². The molecule has 0 radical (unpaired) electrons. The Morgan fingerprint density at radius 2 is 0.930 bits per heavy atom. The molecule has 115 heavy (non-hydrogen) atoms. The Labute approximate surface area is 687 Å². The van der Waals surface area contributed by atoms with Gasteiger partial charge >= 0.3 is 0 Å². The fourth-order valence-corrected chi connectivity index (χ4v) is 18.7. The SMILES string of the molecule is CCC(=O)N1CC2CC(Nc3nc(Nc4cc(C5CC5)[nH]n4)ncc3OC)CC2C1.CCC(=O)N1CCC2(CCC(Nc3nc(Nc4cnn(CCO)c4)ncc3Cl)CC2)CC1.CCCn1cc(Nc2ncc(Cl)c(NC3CCC4(CCNCC4)CC3)n2)cn1.Clc1cnc(Nc2cc(C3CC3)[nH]n2)nc1NC1CC2CNCC2C1. The number of piperidine rings is 2. The average molecular weight is 1640 g/mol. The third-order valence-corrected chi connectivity index (χ3v) is 26.0. The quantitative estimate of drug-likeness (QED) is 0.0253. The summed E-state index contributed by atoms with van der Waals surface area (Å²) in [6, 6.07) is 5.57. The molecule has 35 heteroatoms. The molecule has 13 N–H and O–H groups in total. The number of hydrogen-bond acceptors (Lipinski definition) is 26. The summed E-state index contributed by atoms with van der Waals surface area (Å²) in [6.45, 7) is 15.5. The highest BCUT2D eigenvalue weighted by molar-refractivity contribution is 6.33. The Kier molecular flexibility index (Phi) is 26.5. The van der Waals surface area contributed by atoms with Crippen molar-refractivity contribution in [2.24, 2.45) is 34.5 Å². The molecular formula is C80H113Cl3N28O4. The molecule has 6 aliphatic carbocycles. The van der Waals surface area contributed by atoms with E-state index in [2.05, 4.69) is 131 Å².